The van der Waals surface area contributed by atoms with Gasteiger partial charge in [0.05, 0.1) is 26.2 Å². The molecule has 9 nitrogen and oxygen atoms in total. The zero-order chi connectivity index (χ0) is 23.3. The molecule has 2 aliphatic heterocycles. The van der Waals surface area contributed by atoms with E-state index in [1.165, 1.54) is 17.3 Å². The second-order valence-corrected chi connectivity index (χ2v) is 10.9. The Kier molecular flexibility index (Phi) is 5.26. The summed E-state index contributed by atoms with van der Waals surface area (Å²) in [4.78, 5) is 43.6. The maximum atomic E-state index is 12.8. The van der Waals surface area contributed by atoms with E-state index in [1.807, 2.05) is 0 Å². The van der Waals surface area contributed by atoms with Gasteiger partial charge < -0.3 is 5.32 Å². The number of anilines is 1. The van der Waals surface area contributed by atoms with E-state index in [4.69, 9.17) is 0 Å². The third-order valence-corrected chi connectivity index (χ3v) is 8.71. The number of carbonyl (C=O) groups excluding carboxylic acids is 3. The van der Waals surface area contributed by atoms with Crippen LogP contribution in [0.3, 0.4) is 0 Å². The molecule has 2 aliphatic rings. The quantitative estimate of drug-likeness (QED) is 0.557. The second kappa shape index (κ2) is 8.01. The van der Waals surface area contributed by atoms with Gasteiger partial charge in [0.25, 0.3) is 11.8 Å². The van der Waals surface area contributed by atoms with Crippen LogP contribution in [0, 0.1) is 0 Å². The number of fused-ring (bicyclic) bond motifs is 2. The summed E-state index contributed by atoms with van der Waals surface area (Å²) in [6, 6.07) is 10.1. The molecule has 1 aromatic heterocycles. The minimum atomic E-state index is -3.56. The van der Waals surface area contributed by atoms with E-state index < -0.39 is 33.8 Å². The summed E-state index contributed by atoms with van der Waals surface area (Å²) in [5.74, 6) is -1.59. The first-order valence-electron chi connectivity index (χ1n) is 10.5. The van der Waals surface area contributed by atoms with E-state index in [0.717, 1.165) is 29.1 Å². The molecule has 2 aromatic carbocycles. The van der Waals surface area contributed by atoms with E-state index >= 15 is 0 Å². The van der Waals surface area contributed by atoms with Crippen LogP contribution in [-0.4, -0.2) is 59.5 Å². The van der Waals surface area contributed by atoms with E-state index in [-0.39, 0.29) is 21.2 Å². The Hall–Kier alpha value is -3.15. The summed E-state index contributed by atoms with van der Waals surface area (Å²) in [5, 5.41) is 2.91. The van der Waals surface area contributed by atoms with Crippen molar-refractivity contribution in [2.75, 3.05) is 18.4 Å². The molecule has 3 amide bonds. The van der Waals surface area contributed by atoms with Gasteiger partial charge in [-0.3, -0.25) is 19.3 Å². The molecule has 33 heavy (non-hydrogen) atoms. The lowest BCUT2D eigenvalue weighted by Crippen LogP contribution is -2.45. The maximum Gasteiger partial charge on any atom is 0.262 e. The molecule has 0 spiro atoms. The molecule has 1 saturated heterocycles. The van der Waals surface area contributed by atoms with Gasteiger partial charge in [-0.1, -0.05) is 23.5 Å². The van der Waals surface area contributed by atoms with E-state index in [1.54, 1.807) is 36.4 Å². The number of aromatic nitrogens is 1. The number of nitrogens with zero attached hydrogens (tertiary/aromatic N) is 3. The Bertz CT molecular complexity index is 1370. The molecule has 1 fully saturated rings. The average molecular weight is 485 g/mol. The highest BCUT2D eigenvalue weighted by Gasteiger charge is 2.40. The van der Waals surface area contributed by atoms with Gasteiger partial charge in [-0.15, -0.1) is 0 Å². The van der Waals surface area contributed by atoms with Gasteiger partial charge in [0.15, 0.2) is 5.13 Å². The summed E-state index contributed by atoms with van der Waals surface area (Å²) >= 11 is 1.13. The van der Waals surface area contributed by atoms with Crippen LogP contribution in [0.4, 0.5) is 5.13 Å². The van der Waals surface area contributed by atoms with Crippen LogP contribution in [0.1, 0.15) is 40.5 Å². The smallest absolute Gasteiger partial charge is 0.262 e. The van der Waals surface area contributed by atoms with Crippen LogP contribution in [0.25, 0.3) is 10.2 Å². The van der Waals surface area contributed by atoms with Crippen LogP contribution in [0.5, 0.6) is 0 Å². The molecule has 1 N–H and O–H groups in total. The lowest BCUT2D eigenvalue weighted by molar-refractivity contribution is -0.119. The fraction of sp³-hybridized carbons (Fsp3) is 0.273. The van der Waals surface area contributed by atoms with Crippen molar-refractivity contribution in [2.45, 2.75) is 30.7 Å². The molecule has 3 aromatic rings. The number of amides is 3. The Balaban J connectivity index is 1.35. The van der Waals surface area contributed by atoms with Crippen molar-refractivity contribution in [3.05, 3.63) is 53.6 Å². The highest BCUT2D eigenvalue weighted by Crippen LogP contribution is 2.31. The Morgan fingerprint density at radius 3 is 2.33 bits per heavy atom. The molecule has 0 aliphatic carbocycles. The van der Waals surface area contributed by atoms with E-state index in [2.05, 4.69) is 10.3 Å². The van der Waals surface area contributed by atoms with Crippen molar-refractivity contribution in [1.29, 1.82) is 0 Å². The van der Waals surface area contributed by atoms with Gasteiger partial charge >= 0.3 is 0 Å². The summed E-state index contributed by atoms with van der Waals surface area (Å²) < 4.78 is 27.7. The standard InChI is InChI=1S/C22H20N4O5S2/c1-13(26-20(28)15-6-2-3-7-16(15)21(26)29)19(27)24-22-23-17-9-8-14(12-18(17)32-22)33(30,31)25-10-4-5-11-25/h2-3,6-9,12-13H,4-5,10-11H2,1H3,(H,23,24,27)/t13-/m0/s1. The van der Waals surface area contributed by atoms with Crippen LogP contribution in [0.15, 0.2) is 47.4 Å². The maximum absolute atomic E-state index is 12.8. The number of carbonyl (C=O) groups is 3. The molecule has 3 heterocycles. The Labute approximate surface area is 194 Å². The first-order chi connectivity index (χ1) is 15.8. The molecule has 0 radical (unpaired) electrons. The summed E-state index contributed by atoms with van der Waals surface area (Å²) in [6.45, 7) is 2.51. The van der Waals surface area contributed by atoms with Crippen LogP contribution >= 0.6 is 11.3 Å². The Morgan fingerprint density at radius 2 is 1.70 bits per heavy atom. The van der Waals surface area contributed by atoms with Crippen molar-refractivity contribution in [3.63, 3.8) is 0 Å². The van der Waals surface area contributed by atoms with Crippen molar-refractivity contribution in [3.8, 4) is 0 Å². The first kappa shape index (κ1) is 21.7. The fourth-order valence-corrected chi connectivity index (χ4v) is 6.61. The molecule has 0 bridgehead atoms. The van der Waals surface area contributed by atoms with Crippen LogP contribution in [-0.2, 0) is 14.8 Å². The predicted octanol–water partition coefficient (Wildman–Crippen LogP) is 2.70. The zero-order valence-corrected chi connectivity index (χ0v) is 19.3. The zero-order valence-electron chi connectivity index (χ0n) is 17.6. The molecule has 170 valence electrons. The average Bonchev–Trinajstić information content (AvgIpc) is 3.52. The largest absolute Gasteiger partial charge is 0.300 e. The summed E-state index contributed by atoms with van der Waals surface area (Å²) in [6.07, 6.45) is 1.70. The Morgan fingerprint density at radius 1 is 1.06 bits per heavy atom. The predicted molar refractivity (Wildman–Crippen MR) is 123 cm³/mol. The number of benzene rings is 2. The monoisotopic (exact) mass is 484 g/mol. The molecule has 11 heteroatoms. The lowest BCUT2D eigenvalue weighted by Gasteiger charge is -2.21. The number of hydrogen-bond acceptors (Lipinski definition) is 7. The van der Waals surface area contributed by atoms with Gasteiger partial charge in [-0.2, -0.15) is 4.31 Å². The molecule has 1 atom stereocenters. The third kappa shape index (κ3) is 3.62. The third-order valence-electron chi connectivity index (χ3n) is 5.89. The van der Waals surface area contributed by atoms with Gasteiger partial charge in [0, 0.05) is 13.1 Å². The van der Waals surface area contributed by atoms with Gasteiger partial charge in [0.1, 0.15) is 6.04 Å². The number of rotatable bonds is 5. The van der Waals surface area contributed by atoms with Crippen molar-refractivity contribution in [2.24, 2.45) is 0 Å². The fourth-order valence-electron chi connectivity index (χ4n) is 4.08. The first-order valence-corrected chi connectivity index (χ1v) is 12.7. The van der Waals surface area contributed by atoms with Crippen LogP contribution < -0.4 is 5.32 Å². The van der Waals surface area contributed by atoms with Crippen LogP contribution in [0.2, 0.25) is 0 Å². The van der Waals surface area contributed by atoms with E-state index in [9.17, 15) is 22.8 Å². The summed E-state index contributed by atoms with van der Waals surface area (Å²) in [5.41, 5.74) is 1.09. The van der Waals surface area contributed by atoms with Crippen molar-refractivity contribution >= 4 is 54.4 Å². The SMILES string of the molecule is C[C@@H](C(=O)Nc1nc2ccc(S(=O)(=O)N3CCCC3)cc2s1)N1C(=O)c2ccccc2C1=O. The second-order valence-electron chi connectivity index (χ2n) is 7.95. The highest BCUT2D eigenvalue weighted by atomic mass is 32.2. The number of sulfonamides is 1. The number of hydrogen-bond donors (Lipinski definition) is 1. The topological polar surface area (TPSA) is 117 Å². The molecular weight excluding hydrogens is 464 g/mol. The lowest BCUT2D eigenvalue weighted by atomic mass is 10.1. The molecule has 0 unspecified atom stereocenters. The molecule has 5 rings (SSSR count). The molecule has 0 saturated carbocycles. The number of thiazole rings is 1. The minimum Gasteiger partial charge on any atom is -0.300 e. The minimum absolute atomic E-state index is 0.192. The van der Waals surface area contributed by atoms with Crippen molar-refractivity contribution < 1.29 is 22.8 Å². The van der Waals surface area contributed by atoms with Gasteiger partial charge in [0.2, 0.25) is 15.9 Å². The van der Waals surface area contributed by atoms with Gasteiger partial charge in [-0.05, 0) is 50.1 Å². The normalized spacial score (nSPS) is 17.5. The number of imide groups is 1. The van der Waals surface area contributed by atoms with E-state index in [0.29, 0.717) is 23.3 Å². The van der Waals surface area contributed by atoms with Crippen molar-refractivity contribution in [1.82, 2.24) is 14.2 Å². The summed E-state index contributed by atoms with van der Waals surface area (Å²) in [7, 11) is -3.56. The molecular formula is C22H20N4O5S2. The highest BCUT2D eigenvalue weighted by molar-refractivity contribution is 7.89. The number of nitrogens with one attached hydrogen (secondary N) is 1. The van der Waals surface area contributed by atoms with Gasteiger partial charge in [-0.25, -0.2) is 13.4 Å².